The van der Waals surface area contributed by atoms with Gasteiger partial charge < -0.3 is 15.5 Å². The molecule has 2 N–H and O–H groups in total. The van der Waals surface area contributed by atoms with Crippen LogP contribution in [0.2, 0.25) is 0 Å². The van der Waals surface area contributed by atoms with Crippen LogP contribution in [0.1, 0.15) is 45.8 Å². The lowest BCUT2D eigenvalue weighted by Gasteiger charge is -2.32. The van der Waals surface area contributed by atoms with Crippen LogP contribution in [0.15, 0.2) is 48.8 Å². The molecule has 1 aromatic heterocycles. The number of amides is 1. The van der Waals surface area contributed by atoms with E-state index in [9.17, 15) is 18.0 Å². The van der Waals surface area contributed by atoms with Crippen molar-refractivity contribution < 1.29 is 18.0 Å². The third-order valence-corrected chi connectivity index (χ3v) is 5.89. The number of nitrogens with zero attached hydrogens (tertiary/aromatic N) is 5. The normalized spacial score (nSPS) is 14.3. The van der Waals surface area contributed by atoms with E-state index in [1.165, 1.54) is 12.4 Å². The SMILES string of the molecule is CNC(=O)c1cccc(Nc2ncnc(N3CCC(c4ccc(C#N)c(C(F)(F)F)c4)CC3)n2)c1. The van der Waals surface area contributed by atoms with Crippen LogP contribution in [0.25, 0.3) is 0 Å². The molecule has 3 aromatic rings. The maximum absolute atomic E-state index is 13.3. The van der Waals surface area contributed by atoms with Gasteiger partial charge in [0.1, 0.15) is 6.33 Å². The predicted molar refractivity (Wildman–Crippen MR) is 123 cm³/mol. The van der Waals surface area contributed by atoms with Crippen molar-refractivity contribution in [2.75, 3.05) is 30.4 Å². The van der Waals surface area contributed by atoms with Crippen molar-refractivity contribution in [1.29, 1.82) is 5.26 Å². The highest BCUT2D eigenvalue weighted by atomic mass is 19.4. The number of nitriles is 1. The topological polar surface area (TPSA) is 107 Å². The Labute approximate surface area is 199 Å². The first-order valence-corrected chi connectivity index (χ1v) is 10.9. The number of anilines is 3. The lowest BCUT2D eigenvalue weighted by molar-refractivity contribution is -0.137. The number of rotatable bonds is 5. The molecule has 35 heavy (non-hydrogen) atoms. The lowest BCUT2D eigenvalue weighted by Crippen LogP contribution is -2.34. The average molecular weight is 481 g/mol. The number of benzene rings is 2. The van der Waals surface area contributed by atoms with E-state index < -0.39 is 11.7 Å². The second-order valence-corrected chi connectivity index (χ2v) is 8.07. The number of carbonyl (C=O) groups excluding carboxylic acids is 1. The monoisotopic (exact) mass is 481 g/mol. The molecule has 0 unspecified atom stereocenters. The largest absolute Gasteiger partial charge is 0.417 e. The average Bonchev–Trinajstić information content (AvgIpc) is 2.87. The molecule has 180 valence electrons. The Morgan fingerprint density at radius 1 is 1.14 bits per heavy atom. The van der Waals surface area contributed by atoms with Crippen LogP contribution in [0.3, 0.4) is 0 Å². The summed E-state index contributed by atoms with van der Waals surface area (Å²) in [6.45, 7) is 1.11. The summed E-state index contributed by atoms with van der Waals surface area (Å²) < 4.78 is 40.0. The number of alkyl halides is 3. The Morgan fingerprint density at radius 2 is 1.91 bits per heavy atom. The van der Waals surface area contributed by atoms with Gasteiger partial charge in [-0.15, -0.1) is 0 Å². The van der Waals surface area contributed by atoms with Gasteiger partial charge in [-0.25, -0.2) is 9.97 Å². The number of hydrogen-bond acceptors (Lipinski definition) is 7. The number of halogens is 3. The van der Waals surface area contributed by atoms with Gasteiger partial charge in [-0.3, -0.25) is 4.79 Å². The van der Waals surface area contributed by atoms with E-state index in [0.29, 0.717) is 54.6 Å². The fourth-order valence-electron chi connectivity index (χ4n) is 4.07. The quantitative estimate of drug-likeness (QED) is 0.561. The number of nitrogens with one attached hydrogen (secondary N) is 2. The van der Waals surface area contributed by atoms with Gasteiger partial charge in [0.25, 0.3) is 5.91 Å². The van der Waals surface area contributed by atoms with E-state index in [-0.39, 0.29) is 17.4 Å². The zero-order valence-electron chi connectivity index (χ0n) is 18.8. The first-order valence-electron chi connectivity index (χ1n) is 10.9. The van der Waals surface area contributed by atoms with E-state index >= 15 is 0 Å². The van der Waals surface area contributed by atoms with Crippen molar-refractivity contribution in [3.8, 4) is 6.07 Å². The molecular formula is C24H22F3N7O. The van der Waals surface area contributed by atoms with E-state index in [1.807, 2.05) is 4.90 Å². The van der Waals surface area contributed by atoms with Crippen LogP contribution >= 0.6 is 0 Å². The Kier molecular flexibility index (Phi) is 6.82. The van der Waals surface area contributed by atoms with Crippen molar-refractivity contribution in [2.45, 2.75) is 24.9 Å². The van der Waals surface area contributed by atoms with Crippen LogP contribution in [0.5, 0.6) is 0 Å². The van der Waals surface area contributed by atoms with Gasteiger partial charge in [0.05, 0.1) is 17.2 Å². The third-order valence-electron chi connectivity index (χ3n) is 5.89. The molecule has 0 spiro atoms. The second kappa shape index (κ2) is 9.97. The highest BCUT2D eigenvalue weighted by Gasteiger charge is 2.34. The summed E-state index contributed by atoms with van der Waals surface area (Å²) >= 11 is 0. The third kappa shape index (κ3) is 5.48. The molecule has 0 aliphatic carbocycles. The molecule has 1 fully saturated rings. The molecule has 2 heterocycles. The molecule has 1 amide bonds. The van der Waals surface area contributed by atoms with Gasteiger partial charge in [-0.1, -0.05) is 12.1 Å². The van der Waals surface area contributed by atoms with Crippen LogP contribution in [-0.4, -0.2) is 41.0 Å². The Morgan fingerprint density at radius 3 is 2.60 bits per heavy atom. The van der Waals surface area contributed by atoms with Gasteiger partial charge in [0.2, 0.25) is 11.9 Å². The maximum Gasteiger partial charge on any atom is 0.417 e. The van der Waals surface area contributed by atoms with Gasteiger partial charge in [0.15, 0.2) is 0 Å². The fraction of sp³-hybridized carbons (Fsp3) is 0.292. The minimum absolute atomic E-state index is 0.0630. The molecular weight excluding hydrogens is 459 g/mol. The molecule has 1 saturated heterocycles. The van der Waals surface area contributed by atoms with Gasteiger partial charge >= 0.3 is 6.18 Å². The Bertz CT molecular complexity index is 1260. The molecule has 11 heteroatoms. The number of aromatic nitrogens is 3. The predicted octanol–water partition coefficient (Wildman–Crippen LogP) is 4.25. The molecule has 1 aliphatic heterocycles. The molecule has 0 bridgehead atoms. The van der Waals surface area contributed by atoms with Crippen molar-refractivity contribution in [3.05, 3.63) is 71.0 Å². The zero-order chi connectivity index (χ0) is 25.0. The molecule has 1 aliphatic rings. The highest BCUT2D eigenvalue weighted by molar-refractivity contribution is 5.95. The summed E-state index contributed by atoms with van der Waals surface area (Å²) in [5, 5.41) is 14.6. The van der Waals surface area contributed by atoms with Crippen LogP contribution in [0.4, 0.5) is 30.8 Å². The van der Waals surface area contributed by atoms with Crippen LogP contribution in [-0.2, 0) is 6.18 Å². The minimum atomic E-state index is -4.57. The van der Waals surface area contributed by atoms with Crippen molar-refractivity contribution in [1.82, 2.24) is 20.3 Å². The van der Waals surface area contributed by atoms with Gasteiger partial charge in [0, 0.05) is 31.4 Å². The zero-order valence-corrected chi connectivity index (χ0v) is 18.8. The molecule has 0 saturated carbocycles. The lowest BCUT2D eigenvalue weighted by atomic mass is 9.87. The summed E-state index contributed by atoms with van der Waals surface area (Å²) in [6.07, 6.45) is -1.96. The summed E-state index contributed by atoms with van der Waals surface area (Å²) in [5.74, 6) is 0.497. The number of hydrogen-bond donors (Lipinski definition) is 2. The van der Waals surface area contributed by atoms with E-state index in [4.69, 9.17) is 5.26 Å². The summed E-state index contributed by atoms with van der Waals surface area (Å²) in [5.41, 5.74) is 0.442. The van der Waals surface area contributed by atoms with Crippen LogP contribution in [0, 0.1) is 11.3 Å². The van der Waals surface area contributed by atoms with Crippen molar-refractivity contribution >= 4 is 23.5 Å². The molecule has 4 rings (SSSR count). The first kappa shape index (κ1) is 23.9. The standard InChI is InChI=1S/C24H22F3N7O/c1-29-21(35)17-3-2-4-19(11-17)32-22-30-14-31-23(33-22)34-9-7-15(8-10-34)16-5-6-18(13-28)20(12-16)24(25,26)27/h2-6,11-12,14-15H,7-10H2,1H3,(H,29,35)(H,30,31,32,33). The second-order valence-electron chi connectivity index (χ2n) is 8.07. The molecule has 8 nitrogen and oxygen atoms in total. The van der Waals surface area contributed by atoms with Gasteiger partial charge in [-0.05, 0) is 54.7 Å². The Balaban J connectivity index is 1.44. The van der Waals surface area contributed by atoms with E-state index in [2.05, 4.69) is 25.6 Å². The van der Waals surface area contributed by atoms with Crippen molar-refractivity contribution in [3.63, 3.8) is 0 Å². The number of carbonyl (C=O) groups is 1. The molecule has 2 aromatic carbocycles. The summed E-state index contributed by atoms with van der Waals surface area (Å²) in [4.78, 5) is 26.7. The Hall–Kier alpha value is -4.20. The summed E-state index contributed by atoms with van der Waals surface area (Å²) in [7, 11) is 1.56. The van der Waals surface area contributed by atoms with E-state index in [0.717, 1.165) is 6.07 Å². The summed E-state index contributed by atoms with van der Waals surface area (Å²) in [6, 6.07) is 12.5. The first-order chi connectivity index (χ1) is 16.8. The molecule has 0 atom stereocenters. The minimum Gasteiger partial charge on any atom is -0.355 e. The van der Waals surface area contributed by atoms with E-state index in [1.54, 1.807) is 43.4 Å². The van der Waals surface area contributed by atoms with Crippen LogP contribution < -0.4 is 15.5 Å². The highest BCUT2D eigenvalue weighted by Crippen LogP contribution is 2.36. The van der Waals surface area contributed by atoms with Gasteiger partial charge in [-0.2, -0.15) is 23.4 Å². The number of piperidine rings is 1. The van der Waals surface area contributed by atoms with Crippen molar-refractivity contribution in [2.24, 2.45) is 0 Å². The molecule has 0 radical (unpaired) electrons. The smallest absolute Gasteiger partial charge is 0.355 e. The maximum atomic E-state index is 13.3. The fourth-order valence-corrected chi connectivity index (χ4v) is 4.07.